The molecule has 7 heteroatoms. The van der Waals surface area contributed by atoms with Crippen LogP contribution >= 0.6 is 11.8 Å². The summed E-state index contributed by atoms with van der Waals surface area (Å²) in [6.45, 7) is 4.59. The van der Waals surface area contributed by atoms with E-state index < -0.39 is 0 Å². The van der Waals surface area contributed by atoms with Crippen LogP contribution in [0.5, 0.6) is 5.75 Å². The highest BCUT2D eigenvalue weighted by Crippen LogP contribution is 2.30. The molecule has 3 aromatic rings. The average molecular weight is 397 g/mol. The monoisotopic (exact) mass is 396 g/mol. The summed E-state index contributed by atoms with van der Waals surface area (Å²) < 4.78 is 7.23. The van der Waals surface area contributed by atoms with Crippen LogP contribution in [0.25, 0.3) is 17.1 Å². The Kier molecular flexibility index (Phi) is 6.71. The Hall–Kier alpha value is -2.80. The molecule has 0 aliphatic rings. The van der Waals surface area contributed by atoms with Crippen molar-refractivity contribution >= 4 is 17.7 Å². The molecule has 6 nitrogen and oxygen atoms in total. The number of nitrogens with zero attached hydrogens (tertiary/aromatic N) is 3. The number of para-hydroxylation sites is 1. The molecule has 0 fully saturated rings. The van der Waals surface area contributed by atoms with Crippen molar-refractivity contribution in [2.45, 2.75) is 30.7 Å². The number of thioether (sulfide) groups is 1. The molecule has 1 unspecified atom stereocenters. The molecule has 146 valence electrons. The SMILES string of the molecule is CCCNC(=O)C(C)Sc1nnc(-c2ccc(OC)cc2)n1-c1ccccc1. The van der Waals surface area contributed by atoms with E-state index in [4.69, 9.17) is 4.74 Å². The zero-order valence-corrected chi connectivity index (χ0v) is 17.1. The maximum absolute atomic E-state index is 12.3. The molecule has 2 aromatic carbocycles. The Morgan fingerprint density at radius 2 is 1.86 bits per heavy atom. The first-order valence-corrected chi connectivity index (χ1v) is 10.1. The predicted molar refractivity (Wildman–Crippen MR) is 112 cm³/mol. The van der Waals surface area contributed by atoms with Gasteiger partial charge < -0.3 is 10.1 Å². The second kappa shape index (κ2) is 9.41. The standard InChI is InChI=1S/C21H24N4O2S/c1-4-14-22-20(26)15(2)28-21-24-23-19(16-10-12-18(27-3)13-11-16)25(21)17-8-6-5-7-9-17/h5-13,15H,4,14H2,1-3H3,(H,22,26). The van der Waals surface area contributed by atoms with Gasteiger partial charge >= 0.3 is 0 Å². The molecule has 3 rings (SSSR count). The molecule has 0 radical (unpaired) electrons. The number of amides is 1. The molecule has 0 saturated carbocycles. The molecule has 1 amide bonds. The average Bonchev–Trinajstić information content (AvgIpc) is 3.16. The second-order valence-corrected chi connectivity index (χ2v) is 7.56. The lowest BCUT2D eigenvalue weighted by Gasteiger charge is -2.14. The van der Waals surface area contributed by atoms with Crippen molar-refractivity contribution in [3.63, 3.8) is 0 Å². The fourth-order valence-electron chi connectivity index (χ4n) is 2.69. The van der Waals surface area contributed by atoms with Gasteiger partial charge in [-0.1, -0.05) is 36.9 Å². The maximum Gasteiger partial charge on any atom is 0.233 e. The van der Waals surface area contributed by atoms with Gasteiger partial charge in [-0.2, -0.15) is 0 Å². The summed E-state index contributed by atoms with van der Waals surface area (Å²) >= 11 is 1.40. The van der Waals surface area contributed by atoms with Crippen molar-refractivity contribution in [3.8, 4) is 22.8 Å². The van der Waals surface area contributed by atoms with Crippen molar-refractivity contribution in [2.24, 2.45) is 0 Å². The van der Waals surface area contributed by atoms with Crippen LogP contribution in [0.3, 0.4) is 0 Å². The van der Waals surface area contributed by atoms with Gasteiger partial charge in [-0.3, -0.25) is 9.36 Å². The second-order valence-electron chi connectivity index (χ2n) is 6.26. The summed E-state index contributed by atoms with van der Waals surface area (Å²) in [6.07, 6.45) is 0.908. The van der Waals surface area contributed by atoms with Crippen molar-refractivity contribution < 1.29 is 9.53 Å². The van der Waals surface area contributed by atoms with E-state index in [1.54, 1.807) is 7.11 Å². The lowest BCUT2D eigenvalue weighted by molar-refractivity contribution is -0.120. The summed E-state index contributed by atoms with van der Waals surface area (Å²) in [7, 11) is 1.64. The summed E-state index contributed by atoms with van der Waals surface area (Å²) in [5.74, 6) is 1.50. The van der Waals surface area contributed by atoms with Gasteiger partial charge in [0.1, 0.15) is 5.75 Å². The van der Waals surface area contributed by atoms with Crippen LogP contribution in [0.15, 0.2) is 59.8 Å². The van der Waals surface area contributed by atoms with Crippen molar-refractivity contribution in [1.29, 1.82) is 0 Å². The molecule has 0 saturated heterocycles. The number of ether oxygens (including phenoxy) is 1. The van der Waals surface area contributed by atoms with Gasteiger partial charge in [-0.05, 0) is 49.7 Å². The Labute approximate surface area is 169 Å². The predicted octanol–water partition coefficient (Wildman–Crippen LogP) is 3.95. The highest BCUT2D eigenvalue weighted by molar-refractivity contribution is 8.00. The number of hydrogen-bond donors (Lipinski definition) is 1. The molecular formula is C21H24N4O2S. The van der Waals surface area contributed by atoms with E-state index >= 15 is 0 Å². The van der Waals surface area contributed by atoms with Gasteiger partial charge in [-0.15, -0.1) is 10.2 Å². The molecule has 0 aliphatic heterocycles. The lowest BCUT2D eigenvalue weighted by Crippen LogP contribution is -2.31. The van der Waals surface area contributed by atoms with Crippen LogP contribution in [0.4, 0.5) is 0 Å². The Balaban J connectivity index is 1.96. The topological polar surface area (TPSA) is 69.0 Å². The van der Waals surface area contributed by atoms with Crippen LogP contribution in [-0.2, 0) is 4.79 Å². The summed E-state index contributed by atoms with van der Waals surface area (Å²) in [6, 6.07) is 17.6. The van der Waals surface area contributed by atoms with Crippen LogP contribution in [0.1, 0.15) is 20.3 Å². The minimum Gasteiger partial charge on any atom is -0.497 e. The summed E-state index contributed by atoms with van der Waals surface area (Å²) in [5.41, 5.74) is 1.87. The van der Waals surface area contributed by atoms with E-state index in [1.165, 1.54) is 11.8 Å². The molecule has 0 bridgehead atoms. The highest BCUT2D eigenvalue weighted by Gasteiger charge is 2.21. The molecule has 28 heavy (non-hydrogen) atoms. The zero-order chi connectivity index (χ0) is 19.9. The number of nitrogens with one attached hydrogen (secondary N) is 1. The van der Waals surface area contributed by atoms with E-state index in [-0.39, 0.29) is 11.2 Å². The third-order valence-electron chi connectivity index (χ3n) is 4.20. The lowest BCUT2D eigenvalue weighted by atomic mass is 10.2. The largest absolute Gasteiger partial charge is 0.497 e. The van der Waals surface area contributed by atoms with Crippen molar-refractivity contribution in [2.75, 3.05) is 13.7 Å². The van der Waals surface area contributed by atoms with Crippen LogP contribution < -0.4 is 10.1 Å². The van der Waals surface area contributed by atoms with E-state index in [0.717, 1.165) is 29.2 Å². The first kappa shape index (κ1) is 19.9. The maximum atomic E-state index is 12.3. The first-order valence-electron chi connectivity index (χ1n) is 9.23. The van der Waals surface area contributed by atoms with E-state index in [2.05, 4.69) is 15.5 Å². The van der Waals surface area contributed by atoms with Crippen LogP contribution in [0, 0.1) is 0 Å². The van der Waals surface area contributed by atoms with Crippen molar-refractivity contribution in [1.82, 2.24) is 20.1 Å². The van der Waals surface area contributed by atoms with Crippen LogP contribution in [-0.4, -0.2) is 39.6 Å². The van der Waals surface area contributed by atoms with E-state index in [0.29, 0.717) is 11.7 Å². The van der Waals surface area contributed by atoms with Crippen LogP contribution in [0.2, 0.25) is 0 Å². The quantitative estimate of drug-likeness (QED) is 0.584. The van der Waals surface area contributed by atoms with Gasteiger partial charge in [0.25, 0.3) is 0 Å². The summed E-state index contributed by atoms with van der Waals surface area (Å²) in [4.78, 5) is 12.3. The normalized spacial score (nSPS) is 11.8. The number of aromatic nitrogens is 3. The molecule has 0 aliphatic carbocycles. The minimum absolute atomic E-state index is 0.000425. The first-order chi connectivity index (χ1) is 13.6. The van der Waals surface area contributed by atoms with Gasteiger partial charge in [0.05, 0.1) is 12.4 Å². The Morgan fingerprint density at radius 3 is 2.50 bits per heavy atom. The molecule has 1 heterocycles. The summed E-state index contributed by atoms with van der Waals surface area (Å²) in [5, 5.41) is 12.1. The van der Waals surface area contributed by atoms with Gasteiger partial charge in [0, 0.05) is 17.8 Å². The Morgan fingerprint density at radius 1 is 1.14 bits per heavy atom. The highest BCUT2D eigenvalue weighted by atomic mass is 32.2. The molecule has 1 N–H and O–H groups in total. The molecule has 0 spiro atoms. The van der Waals surface area contributed by atoms with E-state index in [9.17, 15) is 4.79 Å². The number of hydrogen-bond acceptors (Lipinski definition) is 5. The minimum atomic E-state index is -0.276. The number of carbonyl (C=O) groups excluding carboxylic acids is 1. The zero-order valence-electron chi connectivity index (χ0n) is 16.3. The fraction of sp³-hybridized carbons (Fsp3) is 0.286. The fourth-order valence-corrected chi connectivity index (χ4v) is 3.58. The number of methoxy groups -OCH3 is 1. The van der Waals surface area contributed by atoms with Gasteiger partial charge in [0.15, 0.2) is 11.0 Å². The van der Waals surface area contributed by atoms with Gasteiger partial charge in [-0.25, -0.2) is 0 Å². The Bertz CT molecular complexity index is 910. The molecular weight excluding hydrogens is 372 g/mol. The third-order valence-corrected chi connectivity index (χ3v) is 5.24. The number of rotatable bonds is 8. The van der Waals surface area contributed by atoms with Gasteiger partial charge in [0.2, 0.25) is 5.91 Å². The van der Waals surface area contributed by atoms with Crippen molar-refractivity contribution in [3.05, 3.63) is 54.6 Å². The molecule has 1 atom stereocenters. The number of carbonyl (C=O) groups is 1. The smallest absolute Gasteiger partial charge is 0.233 e. The van der Waals surface area contributed by atoms with E-state index in [1.807, 2.05) is 73.0 Å². The third kappa shape index (κ3) is 4.54. The molecule has 1 aromatic heterocycles. The number of benzene rings is 2.